The summed E-state index contributed by atoms with van der Waals surface area (Å²) in [7, 11) is 0. The van der Waals surface area contributed by atoms with Crippen LogP contribution in [0.4, 0.5) is 0 Å². The van der Waals surface area contributed by atoms with Crippen LogP contribution in [0.1, 0.15) is 148 Å². The average molecular weight is 548 g/mol. The van der Waals surface area contributed by atoms with E-state index in [2.05, 4.69) is 24.4 Å². The minimum absolute atomic E-state index is 0.148. The van der Waals surface area contributed by atoms with Crippen molar-refractivity contribution in [2.75, 3.05) is 13.2 Å². The highest BCUT2D eigenvalue weighted by Crippen LogP contribution is 2.29. The highest BCUT2D eigenvalue weighted by molar-refractivity contribution is 7.80. The summed E-state index contributed by atoms with van der Waals surface area (Å²) < 4.78 is 12.3. The van der Waals surface area contributed by atoms with E-state index in [0.717, 1.165) is 36.5 Å². The molecule has 1 aromatic rings. The minimum atomic E-state index is 0.148. The summed E-state index contributed by atoms with van der Waals surface area (Å²) in [6, 6.07) is 5.94. The Bertz CT molecular complexity index is 727. The van der Waals surface area contributed by atoms with Crippen LogP contribution < -0.4 is 20.6 Å². The standard InChI is InChI=1S/C32H57N3O2S/c1-3-5-7-9-11-13-15-17-19-21-25-36-30-24-23-29(28-34-35-32(33)38)27-31(30)37-26-22-20-18-16-14-12-10-8-6-4-2/h23-24,27-28H,3-22,25-26H2,1-2H3,(H3,33,35,38). The third-order valence-corrected chi connectivity index (χ3v) is 6.96. The van der Waals surface area contributed by atoms with Gasteiger partial charge in [0.2, 0.25) is 0 Å². The zero-order chi connectivity index (χ0) is 27.5. The third kappa shape index (κ3) is 20.2. The Labute approximate surface area is 239 Å². The molecule has 0 amide bonds. The number of rotatable bonds is 26. The van der Waals surface area contributed by atoms with Gasteiger partial charge in [-0.1, -0.05) is 129 Å². The Morgan fingerprint density at radius 1 is 0.684 bits per heavy atom. The number of hydrogen-bond acceptors (Lipinski definition) is 4. The van der Waals surface area contributed by atoms with Crippen molar-refractivity contribution in [1.29, 1.82) is 0 Å². The first-order valence-electron chi connectivity index (χ1n) is 15.7. The zero-order valence-electron chi connectivity index (χ0n) is 24.6. The molecule has 0 aromatic heterocycles. The van der Waals surface area contributed by atoms with Crippen molar-refractivity contribution >= 4 is 23.5 Å². The largest absolute Gasteiger partial charge is 0.490 e. The van der Waals surface area contributed by atoms with Crippen molar-refractivity contribution in [1.82, 2.24) is 5.43 Å². The van der Waals surface area contributed by atoms with E-state index in [4.69, 9.17) is 27.4 Å². The Morgan fingerprint density at radius 3 is 1.55 bits per heavy atom. The molecule has 38 heavy (non-hydrogen) atoms. The highest BCUT2D eigenvalue weighted by Gasteiger charge is 2.07. The fraction of sp³-hybridized carbons (Fsp3) is 0.750. The number of hydrogen-bond donors (Lipinski definition) is 2. The van der Waals surface area contributed by atoms with E-state index in [1.807, 2.05) is 18.2 Å². The van der Waals surface area contributed by atoms with Gasteiger partial charge in [0.1, 0.15) is 0 Å². The van der Waals surface area contributed by atoms with Gasteiger partial charge >= 0.3 is 0 Å². The fourth-order valence-electron chi connectivity index (χ4n) is 4.55. The first-order chi connectivity index (χ1) is 18.7. The summed E-state index contributed by atoms with van der Waals surface area (Å²) in [6.45, 7) is 5.97. The Hall–Kier alpha value is -1.82. The summed E-state index contributed by atoms with van der Waals surface area (Å²) in [5, 5.41) is 4.22. The fourth-order valence-corrected chi connectivity index (χ4v) is 4.60. The lowest BCUT2D eigenvalue weighted by molar-refractivity contribution is 0.258. The van der Waals surface area contributed by atoms with Gasteiger partial charge in [0, 0.05) is 0 Å². The molecule has 0 atom stereocenters. The second-order valence-corrected chi connectivity index (χ2v) is 10.9. The molecule has 1 aromatic carbocycles. The molecule has 0 aliphatic rings. The van der Waals surface area contributed by atoms with E-state index in [-0.39, 0.29) is 5.11 Å². The number of nitrogens with two attached hydrogens (primary N) is 1. The number of unbranched alkanes of at least 4 members (excludes halogenated alkanes) is 18. The van der Waals surface area contributed by atoms with Gasteiger partial charge in [0.05, 0.1) is 19.4 Å². The smallest absolute Gasteiger partial charge is 0.184 e. The Balaban J connectivity index is 2.35. The number of benzene rings is 1. The van der Waals surface area contributed by atoms with E-state index in [1.165, 1.54) is 116 Å². The lowest BCUT2D eigenvalue weighted by atomic mass is 10.1. The van der Waals surface area contributed by atoms with Crippen LogP contribution in [-0.4, -0.2) is 24.5 Å². The van der Waals surface area contributed by atoms with Gasteiger partial charge in [0.15, 0.2) is 16.6 Å². The van der Waals surface area contributed by atoms with Crippen LogP contribution in [0.25, 0.3) is 0 Å². The highest BCUT2D eigenvalue weighted by atomic mass is 32.1. The summed E-state index contributed by atoms with van der Waals surface area (Å²) >= 11 is 4.81. The summed E-state index contributed by atoms with van der Waals surface area (Å²) in [5.74, 6) is 1.60. The monoisotopic (exact) mass is 547 g/mol. The van der Waals surface area contributed by atoms with E-state index in [1.54, 1.807) is 6.21 Å². The summed E-state index contributed by atoms with van der Waals surface area (Å²) in [5.41, 5.74) is 8.97. The first-order valence-corrected chi connectivity index (χ1v) is 16.1. The van der Waals surface area contributed by atoms with Crippen LogP contribution in [0, 0.1) is 0 Å². The maximum absolute atomic E-state index is 6.17. The van der Waals surface area contributed by atoms with Gasteiger partial charge in [-0.25, -0.2) is 0 Å². The molecule has 0 saturated carbocycles. The lowest BCUT2D eigenvalue weighted by Gasteiger charge is -2.14. The molecule has 3 N–H and O–H groups in total. The van der Waals surface area contributed by atoms with Crippen LogP contribution in [-0.2, 0) is 0 Å². The van der Waals surface area contributed by atoms with Crippen molar-refractivity contribution in [3.8, 4) is 11.5 Å². The topological polar surface area (TPSA) is 68.9 Å². The molecule has 218 valence electrons. The number of thiocarbonyl (C=S) groups is 1. The van der Waals surface area contributed by atoms with Gasteiger partial charge in [-0.2, -0.15) is 5.10 Å². The van der Waals surface area contributed by atoms with Crippen molar-refractivity contribution in [2.24, 2.45) is 10.8 Å². The molecule has 0 radical (unpaired) electrons. The first kappa shape index (κ1) is 34.2. The molecular weight excluding hydrogens is 490 g/mol. The number of nitrogens with zero attached hydrogens (tertiary/aromatic N) is 1. The number of nitrogens with one attached hydrogen (secondary N) is 1. The van der Waals surface area contributed by atoms with Crippen LogP contribution in [0.3, 0.4) is 0 Å². The molecule has 0 aliphatic carbocycles. The molecule has 0 unspecified atom stereocenters. The maximum atomic E-state index is 6.17. The molecule has 0 bridgehead atoms. The van der Waals surface area contributed by atoms with E-state index in [0.29, 0.717) is 6.61 Å². The maximum Gasteiger partial charge on any atom is 0.184 e. The molecule has 5 nitrogen and oxygen atoms in total. The molecule has 1 rings (SSSR count). The van der Waals surface area contributed by atoms with E-state index in [9.17, 15) is 0 Å². The van der Waals surface area contributed by atoms with E-state index >= 15 is 0 Å². The number of ether oxygens (including phenoxy) is 2. The van der Waals surface area contributed by atoms with Crippen molar-refractivity contribution in [2.45, 2.75) is 142 Å². The summed E-state index contributed by atoms with van der Waals surface area (Å²) in [4.78, 5) is 0. The second-order valence-electron chi connectivity index (χ2n) is 10.5. The van der Waals surface area contributed by atoms with Gasteiger partial charge in [-0.3, -0.25) is 5.43 Å². The molecular formula is C32H57N3O2S. The predicted octanol–water partition coefficient (Wildman–Crippen LogP) is 9.45. The van der Waals surface area contributed by atoms with Gasteiger partial charge in [-0.15, -0.1) is 0 Å². The normalized spacial score (nSPS) is 11.2. The average Bonchev–Trinajstić information content (AvgIpc) is 2.91. The minimum Gasteiger partial charge on any atom is -0.490 e. The van der Waals surface area contributed by atoms with Crippen LogP contribution >= 0.6 is 12.2 Å². The van der Waals surface area contributed by atoms with Crippen molar-refractivity contribution in [3.05, 3.63) is 23.8 Å². The van der Waals surface area contributed by atoms with Gasteiger partial charge < -0.3 is 15.2 Å². The SMILES string of the molecule is CCCCCCCCCCCCOc1ccc(C=NNC(N)=S)cc1OCCCCCCCCCCCC. The van der Waals surface area contributed by atoms with Crippen LogP contribution in [0.5, 0.6) is 11.5 Å². The Kier molecular flexibility index (Phi) is 22.9. The van der Waals surface area contributed by atoms with Gasteiger partial charge in [0.25, 0.3) is 0 Å². The zero-order valence-corrected chi connectivity index (χ0v) is 25.4. The van der Waals surface area contributed by atoms with Crippen molar-refractivity contribution < 1.29 is 9.47 Å². The Morgan fingerprint density at radius 2 is 1.11 bits per heavy atom. The molecule has 6 heteroatoms. The third-order valence-electron chi connectivity index (χ3n) is 6.87. The molecule has 0 heterocycles. The number of hydrazone groups is 1. The molecule has 0 fully saturated rings. The van der Waals surface area contributed by atoms with Crippen molar-refractivity contribution in [3.63, 3.8) is 0 Å². The van der Waals surface area contributed by atoms with Gasteiger partial charge in [-0.05, 0) is 48.8 Å². The second kappa shape index (κ2) is 25.5. The molecule has 0 saturated heterocycles. The van der Waals surface area contributed by atoms with E-state index < -0.39 is 0 Å². The van der Waals surface area contributed by atoms with Crippen LogP contribution in [0.15, 0.2) is 23.3 Å². The molecule has 0 spiro atoms. The quantitative estimate of drug-likeness (QED) is 0.0523. The lowest BCUT2D eigenvalue weighted by Crippen LogP contribution is -2.23. The predicted molar refractivity (Wildman–Crippen MR) is 169 cm³/mol. The summed E-state index contributed by atoms with van der Waals surface area (Å²) in [6.07, 6.45) is 28.0. The molecule has 0 aliphatic heterocycles. The van der Waals surface area contributed by atoms with Crippen LogP contribution in [0.2, 0.25) is 0 Å².